The number of aliphatic imine (C=N–C) groups is 1. The molecule has 1 fully saturated rings. The quantitative estimate of drug-likeness (QED) is 0.603. The first-order valence-electron chi connectivity index (χ1n) is 10.5. The van der Waals surface area contributed by atoms with E-state index in [-0.39, 0.29) is 42.9 Å². The summed E-state index contributed by atoms with van der Waals surface area (Å²) in [5.74, 6) is 0.222. The highest BCUT2D eigenvalue weighted by molar-refractivity contribution is 8.14. The first-order chi connectivity index (χ1) is 14.1. The zero-order valence-corrected chi connectivity index (χ0v) is 19.3. The van der Waals surface area contributed by atoms with E-state index in [9.17, 15) is 9.18 Å². The van der Waals surface area contributed by atoms with E-state index in [0.717, 1.165) is 12.2 Å². The number of halogens is 1. The van der Waals surface area contributed by atoms with Crippen LogP contribution in [0.4, 0.5) is 4.39 Å². The number of hydrogen-bond acceptors (Lipinski definition) is 6. The molecule has 2 aliphatic heterocycles. The number of fused-ring (bicyclic) bond motifs is 1. The Bertz CT molecular complexity index is 792. The van der Waals surface area contributed by atoms with E-state index < -0.39 is 11.1 Å². The molecule has 2 heterocycles. The lowest BCUT2D eigenvalue weighted by Crippen LogP contribution is -2.50. The second-order valence-corrected chi connectivity index (χ2v) is 10.3. The summed E-state index contributed by atoms with van der Waals surface area (Å²) in [6, 6.07) is 6.74. The van der Waals surface area contributed by atoms with E-state index in [4.69, 9.17) is 19.2 Å². The molecule has 3 rings (SSSR count). The molecule has 3 atom stereocenters. The van der Waals surface area contributed by atoms with Crippen LogP contribution in [0.3, 0.4) is 0 Å². The molecule has 0 bridgehead atoms. The van der Waals surface area contributed by atoms with Gasteiger partial charge in [0.2, 0.25) is 0 Å². The summed E-state index contributed by atoms with van der Waals surface area (Å²) in [5, 5.41) is 0.671. The maximum Gasteiger partial charge on any atom is 0.312 e. The largest absolute Gasteiger partial charge is 0.460 e. The van der Waals surface area contributed by atoms with Crippen LogP contribution in [0.2, 0.25) is 0 Å². The Hall–Kier alpha value is -1.44. The first kappa shape index (κ1) is 23.2. The Morgan fingerprint density at radius 1 is 1.37 bits per heavy atom. The number of thioether (sulfide) groups is 1. The fourth-order valence-electron chi connectivity index (χ4n) is 3.90. The van der Waals surface area contributed by atoms with Crippen molar-refractivity contribution in [1.82, 2.24) is 0 Å². The van der Waals surface area contributed by atoms with Crippen molar-refractivity contribution in [3.8, 4) is 0 Å². The number of rotatable bonds is 6. The van der Waals surface area contributed by atoms with Crippen LogP contribution in [0.5, 0.6) is 0 Å². The van der Waals surface area contributed by atoms with Crippen LogP contribution in [0, 0.1) is 11.7 Å². The van der Waals surface area contributed by atoms with E-state index in [1.807, 2.05) is 40.7 Å². The predicted octanol–water partition coefficient (Wildman–Crippen LogP) is 4.73. The van der Waals surface area contributed by atoms with Crippen LogP contribution in [0.1, 0.15) is 53.0 Å². The third-order valence-corrected chi connectivity index (χ3v) is 6.35. The number of nitrogens with zero attached hydrogens (tertiary/aromatic N) is 1. The Labute approximate surface area is 182 Å². The van der Waals surface area contributed by atoms with Crippen molar-refractivity contribution in [2.75, 3.05) is 19.0 Å². The Morgan fingerprint density at radius 2 is 2.10 bits per heavy atom. The minimum Gasteiger partial charge on any atom is -0.460 e. The lowest BCUT2D eigenvalue weighted by molar-refractivity contribution is -0.153. The van der Waals surface area contributed by atoms with Gasteiger partial charge in [0.05, 0.1) is 36.9 Å². The van der Waals surface area contributed by atoms with Gasteiger partial charge >= 0.3 is 5.97 Å². The highest BCUT2D eigenvalue weighted by atomic mass is 32.2. The van der Waals surface area contributed by atoms with Gasteiger partial charge in [-0.15, -0.1) is 11.8 Å². The van der Waals surface area contributed by atoms with Crippen LogP contribution in [0.15, 0.2) is 29.3 Å². The standard InChI is InChI=1S/C23H32FNO4S/c1-15(2)27-12-17-10-16-13-30-20(11-21(26)29-22(3,4)5)25-23(16,14-28-17)18-8-6-7-9-19(18)24/h6-9,15-17H,10-14H2,1-5H3/t16-,17+,23-/m0/s1. The maximum absolute atomic E-state index is 14.9. The van der Waals surface area contributed by atoms with Gasteiger partial charge < -0.3 is 14.2 Å². The van der Waals surface area contributed by atoms with Crippen LogP contribution >= 0.6 is 11.8 Å². The Morgan fingerprint density at radius 3 is 2.77 bits per heavy atom. The molecule has 0 unspecified atom stereocenters. The summed E-state index contributed by atoms with van der Waals surface area (Å²) in [5.41, 5.74) is -0.858. The van der Waals surface area contributed by atoms with Crippen molar-refractivity contribution >= 4 is 22.8 Å². The average Bonchev–Trinajstić information content (AvgIpc) is 2.65. The molecule has 1 saturated heterocycles. The Kier molecular flexibility index (Phi) is 7.25. The summed E-state index contributed by atoms with van der Waals surface area (Å²) >= 11 is 1.56. The van der Waals surface area contributed by atoms with E-state index >= 15 is 0 Å². The summed E-state index contributed by atoms with van der Waals surface area (Å²) in [6.07, 6.45) is 0.911. The molecule has 1 aromatic carbocycles. The number of ether oxygens (including phenoxy) is 3. The van der Waals surface area contributed by atoms with Crippen molar-refractivity contribution < 1.29 is 23.4 Å². The van der Waals surface area contributed by atoms with Gasteiger partial charge in [-0.2, -0.15) is 0 Å². The van der Waals surface area contributed by atoms with Crippen LogP contribution in [0.25, 0.3) is 0 Å². The zero-order valence-electron chi connectivity index (χ0n) is 18.4. The van der Waals surface area contributed by atoms with Gasteiger partial charge in [0.15, 0.2) is 0 Å². The second-order valence-electron chi connectivity index (χ2n) is 9.23. The molecule has 0 radical (unpaired) electrons. The molecule has 30 heavy (non-hydrogen) atoms. The smallest absolute Gasteiger partial charge is 0.312 e. The molecule has 0 saturated carbocycles. The molecule has 0 aromatic heterocycles. The third kappa shape index (κ3) is 5.62. The van der Waals surface area contributed by atoms with Crippen molar-refractivity contribution in [3.63, 3.8) is 0 Å². The van der Waals surface area contributed by atoms with Gasteiger partial charge in [0.1, 0.15) is 17.0 Å². The van der Waals surface area contributed by atoms with Gasteiger partial charge in [0, 0.05) is 17.2 Å². The summed E-state index contributed by atoms with van der Waals surface area (Å²) in [7, 11) is 0. The molecule has 0 aliphatic carbocycles. The van der Waals surface area contributed by atoms with Gasteiger partial charge in [-0.1, -0.05) is 18.2 Å². The highest BCUT2D eigenvalue weighted by Gasteiger charge is 2.49. The second kappa shape index (κ2) is 9.37. The monoisotopic (exact) mass is 437 g/mol. The first-order valence-corrected chi connectivity index (χ1v) is 11.5. The summed E-state index contributed by atoms with van der Waals surface area (Å²) < 4.78 is 32.2. The van der Waals surface area contributed by atoms with Crippen LogP contribution in [-0.4, -0.2) is 47.8 Å². The lowest BCUT2D eigenvalue weighted by Gasteiger charge is -2.46. The van der Waals surface area contributed by atoms with E-state index in [0.29, 0.717) is 17.2 Å². The summed E-state index contributed by atoms with van der Waals surface area (Å²) in [6.45, 7) is 10.3. The lowest BCUT2D eigenvalue weighted by atomic mass is 9.75. The SMILES string of the molecule is CC(C)OC[C@H]1C[C@H]2CSC(CC(=O)OC(C)(C)C)=N[C@@]2(c2ccccc2F)CO1. The fourth-order valence-corrected chi connectivity index (χ4v) is 5.15. The Balaban J connectivity index is 1.87. The molecule has 2 aliphatic rings. The molecule has 7 heteroatoms. The van der Waals surface area contributed by atoms with Crippen molar-refractivity contribution in [1.29, 1.82) is 0 Å². The topological polar surface area (TPSA) is 57.1 Å². The van der Waals surface area contributed by atoms with Crippen molar-refractivity contribution in [2.24, 2.45) is 10.9 Å². The van der Waals surface area contributed by atoms with Gasteiger partial charge in [-0.3, -0.25) is 9.79 Å². The molecular formula is C23H32FNO4S. The number of carbonyl (C=O) groups is 1. The van der Waals surface area contributed by atoms with Gasteiger partial charge in [-0.05, 0) is 47.1 Å². The van der Waals surface area contributed by atoms with Gasteiger partial charge in [-0.25, -0.2) is 4.39 Å². The molecule has 5 nitrogen and oxygen atoms in total. The third-order valence-electron chi connectivity index (χ3n) is 5.21. The molecule has 1 aromatic rings. The van der Waals surface area contributed by atoms with E-state index in [1.54, 1.807) is 23.9 Å². The number of carbonyl (C=O) groups excluding carboxylic acids is 1. The molecule has 0 spiro atoms. The van der Waals surface area contributed by atoms with Crippen molar-refractivity contribution in [2.45, 2.75) is 70.8 Å². The fraction of sp³-hybridized carbons (Fsp3) is 0.652. The highest BCUT2D eigenvalue weighted by Crippen LogP contribution is 2.47. The minimum atomic E-state index is -0.831. The zero-order chi connectivity index (χ0) is 21.9. The average molecular weight is 438 g/mol. The van der Waals surface area contributed by atoms with E-state index in [1.165, 1.54) is 6.07 Å². The van der Waals surface area contributed by atoms with Crippen LogP contribution < -0.4 is 0 Å². The normalized spacial score (nSPS) is 26.8. The number of hydrogen-bond donors (Lipinski definition) is 0. The maximum atomic E-state index is 14.9. The minimum absolute atomic E-state index is 0.0412. The molecule has 0 N–H and O–H groups in total. The number of benzene rings is 1. The predicted molar refractivity (Wildman–Crippen MR) is 117 cm³/mol. The van der Waals surface area contributed by atoms with Crippen molar-refractivity contribution in [3.05, 3.63) is 35.6 Å². The molecule has 0 amide bonds. The molecular weight excluding hydrogens is 405 g/mol. The molecule has 166 valence electrons. The number of esters is 1. The van der Waals surface area contributed by atoms with Crippen LogP contribution in [-0.2, 0) is 24.5 Å². The van der Waals surface area contributed by atoms with E-state index in [2.05, 4.69) is 0 Å². The summed E-state index contributed by atoms with van der Waals surface area (Å²) in [4.78, 5) is 17.3. The van der Waals surface area contributed by atoms with Gasteiger partial charge in [0.25, 0.3) is 0 Å².